The minimum Gasteiger partial charge on any atom is -0.497 e. The molecule has 4 aromatic rings. The number of hydrogen-bond acceptors (Lipinski definition) is 15. The lowest BCUT2D eigenvalue weighted by atomic mass is 9.99. The van der Waals surface area contributed by atoms with Crippen LogP contribution in [0.2, 0.25) is 5.02 Å². The van der Waals surface area contributed by atoms with Gasteiger partial charge in [0, 0.05) is 92.9 Å². The molecule has 8 rings (SSSR count). The number of nitrogens with one attached hydrogen (secondary N) is 5. The van der Waals surface area contributed by atoms with Gasteiger partial charge in [0.2, 0.25) is 33.7 Å². The van der Waals surface area contributed by atoms with Gasteiger partial charge in [0.05, 0.1) is 50.3 Å². The van der Waals surface area contributed by atoms with Crippen LogP contribution in [0.5, 0.6) is 11.5 Å². The number of hydrogen-bond donors (Lipinski definition) is 5. The maximum absolute atomic E-state index is 13.4. The monoisotopic (exact) mass is 943 g/mol. The number of amides is 4. The Balaban J connectivity index is 0.845. The normalized spacial score (nSPS) is 18.2. The largest absolute Gasteiger partial charge is 0.497 e. The summed E-state index contributed by atoms with van der Waals surface area (Å²) in [5.74, 6) is 0.521. The SMILES string of the molecule is CCc1cc(Nc2ncc(Cl)c(Nc3ccc(OC)cc3NS(C)(=O)=O)n2)c(OC)cc1N1CCC(N2CCN(C(=O)CNc3cccc4c3CN(C3CCC(=O)NC3=O)C4=O)CC2)CC1. The number of fused-ring (bicyclic) bond motifs is 1. The number of aryl methyl sites for hydroxylation is 1. The lowest BCUT2D eigenvalue weighted by molar-refractivity contribution is -0.137. The molecule has 66 heavy (non-hydrogen) atoms. The van der Waals surface area contributed by atoms with Gasteiger partial charge in [0.25, 0.3) is 5.91 Å². The second kappa shape index (κ2) is 19.6. The number of piperazine rings is 1. The summed E-state index contributed by atoms with van der Waals surface area (Å²) in [7, 11) is -0.498. The fourth-order valence-electron chi connectivity index (χ4n) is 9.11. The number of carbonyl (C=O) groups excluding carboxylic acids is 4. The number of methoxy groups -OCH3 is 2. The van der Waals surface area contributed by atoms with Crippen LogP contribution in [0, 0.1) is 0 Å². The Morgan fingerprint density at radius 2 is 1.68 bits per heavy atom. The number of halogens is 1. The average molecular weight is 945 g/mol. The van der Waals surface area contributed by atoms with Crippen LogP contribution in [0.4, 0.5) is 40.2 Å². The van der Waals surface area contributed by atoms with Gasteiger partial charge < -0.3 is 40.1 Å². The van der Waals surface area contributed by atoms with Crippen molar-refractivity contribution < 1.29 is 37.1 Å². The lowest BCUT2D eigenvalue weighted by Gasteiger charge is -2.43. The third kappa shape index (κ3) is 10.2. The molecule has 4 aliphatic rings. The van der Waals surface area contributed by atoms with E-state index in [1.807, 2.05) is 17.0 Å². The molecule has 3 aromatic carbocycles. The Morgan fingerprint density at radius 1 is 0.909 bits per heavy atom. The van der Waals surface area contributed by atoms with Gasteiger partial charge in [0.15, 0.2) is 5.82 Å². The fraction of sp³-hybridized carbons (Fsp3) is 0.422. The summed E-state index contributed by atoms with van der Waals surface area (Å²) in [5, 5.41) is 12.2. The molecule has 21 heteroatoms. The summed E-state index contributed by atoms with van der Waals surface area (Å²) >= 11 is 6.51. The molecule has 0 saturated carbocycles. The van der Waals surface area contributed by atoms with E-state index in [-0.39, 0.29) is 66.1 Å². The Morgan fingerprint density at radius 3 is 2.38 bits per heavy atom. The molecule has 0 spiro atoms. The zero-order valence-corrected chi connectivity index (χ0v) is 38.9. The average Bonchev–Trinajstić information content (AvgIpc) is 3.65. The van der Waals surface area contributed by atoms with E-state index < -0.39 is 22.0 Å². The number of aromatic nitrogens is 2. The molecule has 5 heterocycles. The first-order chi connectivity index (χ1) is 31.7. The van der Waals surface area contributed by atoms with Crippen molar-refractivity contribution >= 4 is 85.5 Å². The molecule has 1 atom stereocenters. The molecular formula is C45H54ClN11O8S. The van der Waals surface area contributed by atoms with Crippen LogP contribution in [0.1, 0.15) is 54.1 Å². The second-order valence-electron chi connectivity index (χ2n) is 16.7. The van der Waals surface area contributed by atoms with Crippen LogP contribution >= 0.6 is 11.6 Å². The Kier molecular flexibility index (Phi) is 13.7. The highest BCUT2D eigenvalue weighted by Gasteiger charge is 2.40. The van der Waals surface area contributed by atoms with E-state index in [0.717, 1.165) is 68.5 Å². The highest BCUT2D eigenvalue weighted by Crippen LogP contribution is 2.38. The molecule has 19 nitrogen and oxygen atoms in total. The molecule has 4 aliphatic heterocycles. The number of benzene rings is 3. The quantitative estimate of drug-likeness (QED) is 0.103. The van der Waals surface area contributed by atoms with Gasteiger partial charge >= 0.3 is 0 Å². The van der Waals surface area contributed by atoms with Crippen LogP contribution in [-0.4, -0.2) is 135 Å². The molecule has 1 unspecified atom stereocenters. The maximum Gasteiger partial charge on any atom is 0.255 e. The first-order valence-electron chi connectivity index (χ1n) is 21.9. The molecule has 3 saturated heterocycles. The number of carbonyl (C=O) groups is 4. The zero-order chi connectivity index (χ0) is 46.7. The number of anilines is 7. The highest BCUT2D eigenvalue weighted by atomic mass is 35.5. The summed E-state index contributed by atoms with van der Waals surface area (Å²) in [5.41, 5.74) is 5.50. The van der Waals surface area contributed by atoms with Crippen molar-refractivity contribution in [3.05, 3.63) is 76.4 Å². The molecule has 5 N–H and O–H groups in total. The van der Waals surface area contributed by atoms with Gasteiger partial charge in [-0.15, -0.1) is 0 Å². The van der Waals surface area contributed by atoms with E-state index in [2.05, 4.69) is 58.7 Å². The van der Waals surface area contributed by atoms with Gasteiger partial charge in [-0.05, 0) is 61.6 Å². The van der Waals surface area contributed by atoms with Gasteiger partial charge in [-0.3, -0.25) is 34.1 Å². The Bertz CT molecular complexity index is 2640. The van der Waals surface area contributed by atoms with Crippen LogP contribution in [0.25, 0.3) is 0 Å². The summed E-state index contributed by atoms with van der Waals surface area (Å²) < 4.78 is 37.9. The van der Waals surface area contributed by atoms with E-state index in [4.69, 9.17) is 21.1 Å². The van der Waals surface area contributed by atoms with Crippen LogP contribution in [0.3, 0.4) is 0 Å². The van der Waals surface area contributed by atoms with Crippen molar-refractivity contribution in [3.8, 4) is 11.5 Å². The summed E-state index contributed by atoms with van der Waals surface area (Å²) in [4.78, 5) is 68.2. The minimum atomic E-state index is -3.61. The molecule has 3 fully saturated rings. The predicted octanol–water partition coefficient (Wildman–Crippen LogP) is 4.55. The van der Waals surface area contributed by atoms with Crippen molar-refractivity contribution in [2.24, 2.45) is 0 Å². The lowest BCUT2D eigenvalue weighted by Crippen LogP contribution is -2.55. The van der Waals surface area contributed by atoms with Crippen molar-refractivity contribution in [2.75, 3.05) is 91.9 Å². The predicted molar refractivity (Wildman–Crippen MR) is 252 cm³/mol. The van der Waals surface area contributed by atoms with Gasteiger partial charge in [-0.1, -0.05) is 24.6 Å². The molecule has 1 aromatic heterocycles. The van der Waals surface area contributed by atoms with E-state index in [1.54, 1.807) is 37.4 Å². The van der Waals surface area contributed by atoms with Crippen LogP contribution in [0.15, 0.2) is 54.7 Å². The van der Waals surface area contributed by atoms with Crippen molar-refractivity contribution in [2.45, 2.75) is 57.7 Å². The molecule has 0 bridgehead atoms. The van der Waals surface area contributed by atoms with E-state index in [1.165, 1.54) is 18.2 Å². The number of rotatable bonds is 15. The van der Waals surface area contributed by atoms with Crippen molar-refractivity contribution in [3.63, 3.8) is 0 Å². The number of piperidine rings is 2. The first kappa shape index (κ1) is 46.2. The fourth-order valence-corrected chi connectivity index (χ4v) is 9.81. The van der Waals surface area contributed by atoms with Gasteiger partial charge in [-0.2, -0.15) is 4.98 Å². The molecule has 4 amide bonds. The van der Waals surface area contributed by atoms with Gasteiger partial charge in [-0.25, -0.2) is 13.4 Å². The van der Waals surface area contributed by atoms with E-state index in [9.17, 15) is 27.6 Å². The summed E-state index contributed by atoms with van der Waals surface area (Å²) in [6.07, 6.45) is 5.70. The van der Waals surface area contributed by atoms with Gasteiger partial charge in [0.1, 0.15) is 22.6 Å². The van der Waals surface area contributed by atoms with Crippen molar-refractivity contribution in [1.29, 1.82) is 0 Å². The standard InChI is InChI=1S/C45H54ClN11O8S/c1-5-27-21-36(50-45-48-24-32(46)42(52-45)49-34-10-9-29(64-2)22-35(34)53-66(4,62)63)39(65-3)23-38(27)55-15-13-28(14-16-55)54-17-19-56(20-18-54)41(59)25-47-33-8-6-7-30-31(33)26-57(44(30)61)37-11-12-40(58)51-43(37)60/h6-10,21-24,28,37,47,53H,5,11-20,25-26H2,1-4H3,(H,51,58,60)(H2,48,49,50,52). The first-order valence-corrected chi connectivity index (χ1v) is 24.2. The summed E-state index contributed by atoms with van der Waals surface area (Å²) in [6.45, 7) is 6.96. The number of ether oxygens (including phenoxy) is 2. The molecule has 0 aliphatic carbocycles. The van der Waals surface area contributed by atoms with Crippen molar-refractivity contribution in [1.82, 2.24) is 30.0 Å². The van der Waals surface area contributed by atoms with E-state index in [0.29, 0.717) is 53.3 Å². The zero-order valence-electron chi connectivity index (χ0n) is 37.3. The number of nitrogens with zero attached hydrogens (tertiary/aromatic N) is 6. The van der Waals surface area contributed by atoms with Crippen LogP contribution in [-0.2, 0) is 37.4 Å². The number of imide groups is 1. The third-order valence-electron chi connectivity index (χ3n) is 12.5. The summed E-state index contributed by atoms with van der Waals surface area (Å²) in [6, 6.07) is 14.0. The molecular weight excluding hydrogens is 890 g/mol. The van der Waals surface area contributed by atoms with E-state index >= 15 is 0 Å². The topological polar surface area (TPSA) is 220 Å². The third-order valence-corrected chi connectivity index (χ3v) is 13.4. The second-order valence-corrected chi connectivity index (χ2v) is 18.8. The smallest absolute Gasteiger partial charge is 0.255 e. The Hall–Kier alpha value is -6.38. The minimum absolute atomic E-state index is 0.0150. The highest BCUT2D eigenvalue weighted by molar-refractivity contribution is 7.92. The van der Waals surface area contributed by atoms with Crippen LogP contribution < -0.4 is 40.4 Å². The maximum atomic E-state index is 13.4. The Labute approximate surface area is 388 Å². The molecule has 350 valence electrons. The number of sulfonamides is 1. The molecule has 0 radical (unpaired) electrons.